The largest absolute Gasteiger partial charge is 0.481 e. The van der Waals surface area contributed by atoms with E-state index >= 15 is 0 Å². The van der Waals surface area contributed by atoms with Crippen molar-refractivity contribution in [3.05, 3.63) is 53.1 Å². The van der Waals surface area contributed by atoms with Crippen molar-refractivity contribution in [2.75, 3.05) is 23.9 Å². The summed E-state index contributed by atoms with van der Waals surface area (Å²) in [5, 5.41) is 3.28. The third kappa shape index (κ3) is 2.76. The Kier molecular flexibility index (Phi) is 3.73. The summed E-state index contributed by atoms with van der Waals surface area (Å²) >= 11 is 5.88. The molecule has 22 heavy (non-hydrogen) atoms. The number of benzene rings is 2. The molecule has 2 amide bonds. The van der Waals surface area contributed by atoms with Crippen LogP contribution in [0, 0.1) is 0 Å². The van der Waals surface area contributed by atoms with Gasteiger partial charge in [0.15, 0.2) is 6.61 Å². The van der Waals surface area contributed by atoms with Crippen LogP contribution in [0.4, 0.5) is 11.4 Å². The molecule has 1 aliphatic heterocycles. The highest BCUT2D eigenvalue weighted by molar-refractivity contribution is 6.31. The lowest BCUT2D eigenvalue weighted by Gasteiger charge is -2.26. The number of carbonyl (C=O) groups excluding carboxylic acids is 2. The van der Waals surface area contributed by atoms with Crippen molar-refractivity contribution in [1.82, 2.24) is 0 Å². The number of carbonyl (C=O) groups is 2. The van der Waals surface area contributed by atoms with Gasteiger partial charge in [-0.3, -0.25) is 9.59 Å². The Hall–Kier alpha value is -2.53. The standard InChI is InChI=1S/C16H13ClN2O3/c1-19-13-6-5-12(8-14(13)22-9-15(19)20)18-16(21)10-3-2-4-11(17)7-10/h2-8H,9H2,1H3,(H,18,21). The Morgan fingerprint density at radius 3 is 2.86 bits per heavy atom. The topological polar surface area (TPSA) is 58.6 Å². The molecule has 1 N–H and O–H groups in total. The highest BCUT2D eigenvalue weighted by atomic mass is 35.5. The number of likely N-dealkylation sites (N-methyl/N-ethyl adjacent to an activating group) is 1. The van der Waals surface area contributed by atoms with Crippen LogP contribution in [0.1, 0.15) is 10.4 Å². The van der Waals surface area contributed by atoms with Gasteiger partial charge in [0.1, 0.15) is 5.75 Å². The lowest BCUT2D eigenvalue weighted by Crippen LogP contribution is -2.35. The van der Waals surface area contributed by atoms with Crippen LogP contribution in [0.2, 0.25) is 5.02 Å². The first kappa shape index (κ1) is 14.4. The Morgan fingerprint density at radius 1 is 1.27 bits per heavy atom. The number of rotatable bonds is 2. The number of fused-ring (bicyclic) bond motifs is 1. The van der Waals surface area contributed by atoms with Crippen molar-refractivity contribution in [1.29, 1.82) is 0 Å². The molecular weight excluding hydrogens is 304 g/mol. The van der Waals surface area contributed by atoms with Crippen LogP contribution in [0.5, 0.6) is 5.75 Å². The van der Waals surface area contributed by atoms with Crippen molar-refractivity contribution in [2.24, 2.45) is 0 Å². The van der Waals surface area contributed by atoms with Gasteiger partial charge in [0.2, 0.25) is 0 Å². The fourth-order valence-corrected chi connectivity index (χ4v) is 2.38. The molecule has 0 radical (unpaired) electrons. The normalized spacial score (nSPS) is 13.4. The number of nitrogens with zero attached hydrogens (tertiary/aromatic N) is 1. The Morgan fingerprint density at radius 2 is 2.09 bits per heavy atom. The van der Waals surface area contributed by atoms with E-state index in [0.29, 0.717) is 27.7 Å². The Labute approximate surface area is 132 Å². The van der Waals surface area contributed by atoms with Crippen molar-refractivity contribution in [3.8, 4) is 5.75 Å². The van der Waals surface area contributed by atoms with Crippen LogP contribution in [0.3, 0.4) is 0 Å². The van der Waals surface area contributed by atoms with Gasteiger partial charge >= 0.3 is 0 Å². The second-order valence-corrected chi connectivity index (χ2v) is 5.32. The van der Waals surface area contributed by atoms with E-state index < -0.39 is 0 Å². The van der Waals surface area contributed by atoms with Crippen molar-refractivity contribution in [3.63, 3.8) is 0 Å². The van der Waals surface area contributed by atoms with Crippen molar-refractivity contribution in [2.45, 2.75) is 0 Å². The monoisotopic (exact) mass is 316 g/mol. The van der Waals surface area contributed by atoms with Crippen LogP contribution in [0.25, 0.3) is 0 Å². The molecular formula is C16H13ClN2O3. The zero-order valence-electron chi connectivity index (χ0n) is 11.8. The predicted octanol–water partition coefficient (Wildman–Crippen LogP) is 2.95. The molecule has 0 fully saturated rings. The number of amides is 2. The van der Waals surface area contributed by atoms with E-state index in [1.54, 1.807) is 49.5 Å². The zero-order valence-corrected chi connectivity index (χ0v) is 12.6. The zero-order chi connectivity index (χ0) is 15.7. The molecule has 2 aromatic rings. The van der Waals surface area contributed by atoms with Crippen molar-refractivity contribution >= 4 is 34.8 Å². The Balaban J connectivity index is 1.82. The molecule has 0 aromatic heterocycles. The van der Waals surface area contributed by atoms with Crippen LogP contribution >= 0.6 is 11.6 Å². The first-order valence-corrected chi connectivity index (χ1v) is 7.03. The molecule has 112 valence electrons. The molecule has 0 saturated carbocycles. The highest BCUT2D eigenvalue weighted by Crippen LogP contribution is 2.33. The summed E-state index contributed by atoms with van der Waals surface area (Å²) in [6, 6.07) is 11.9. The van der Waals surface area contributed by atoms with Crippen LogP contribution in [0.15, 0.2) is 42.5 Å². The van der Waals surface area contributed by atoms with Crippen molar-refractivity contribution < 1.29 is 14.3 Å². The van der Waals surface area contributed by atoms with Gasteiger partial charge in [-0.15, -0.1) is 0 Å². The summed E-state index contributed by atoms with van der Waals surface area (Å²) in [6.45, 7) is -0.00477. The third-order valence-corrected chi connectivity index (χ3v) is 3.63. The minimum Gasteiger partial charge on any atom is -0.481 e. The van der Waals surface area contributed by atoms with Gasteiger partial charge < -0.3 is 15.0 Å². The van der Waals surface area contributed by atoms with E-state index in [9.17, 15) is 9.59 Å². The van der Waals surface area contributed by atoms with Gasteiger partial charge in [-0.2, -0.15) is 0 Å². The number of hydrogen-bond acceptors (Lipinski definition) is 3. The van der Waals surface area contributed by atoms with Gasteiger partial charge in [-0.25, -0.2) is 0 Å². The summed E-state index contributed by atoms with van der Waals surface area (Å²) < 4.78 is 5.39. The minimum absolute atomic E-state index is 0.00477. The Bertz CT molecular complexity index is 761. The van der Waals surface area contributed by atoms with Gasteiger partial charge in [-0.05, 0) is 30.3 Å². The second kappa shape index (κ2) is 5.69. The maximum Gasteiger partial charge on any atom is 0.264 e. The van der Waals surface area contributed by atoms with Gasteiger partial charge in [0, 0.05) is 29.4 Å². The summed E-state index contributed by atoms with van der Waals surface area (Å²) in [5.41, 5.74) is 1.74. The van der Waals surface area contributed by atoms with E-state index in [1.807, 2.05) is 0 Å². The number of hydrogen-bond donors (Lipinski definition) is 1. The summed E-state index contributed by atoms with van der Waals surface area (Å²) in [7, 11) is 1.69. The molecule has 2 aromatic carbocycles. The molecule has 5 nitrogen and oxygen atoms in total. The predicted molar refractivity (Wildman–Crippen MR) is 84.8 cm³/mol. The average Bonchev–Trinajstić information content (AvgIpc) is 2.51. The quantitative estimate of drug-likeness (QED) is 0.926. The molecule has 0 atom stereocenters. The second-order valence-electron chi connectivity index (χ2n) is 4.89. The van der Waals surface area contributed by atoms with Crippen LogP contribution in [-0.2, 0) is 4.79 Å². The van der Waals surface area contributed by atoms with Gasteiger partial charge in [0.05, 0.1) is 5.69 Å². The van der Waals surface area contributed by atoms with Gasteiger partial charge in [0.25, 0.3) is 11.8 Å². The molecule has 1 heterocycles. The molecule has 3 rings (SSSR count). The SMILES string of the molecule is CN1C(=O)COc2cc(NC(=O)c3cccc(Cl)c3)ccc21. The van der Waals surface area contributed by atoms with E-state index in [-0.39, 0.29) is 18.4 Å². The maximum atomic E-state index is 12.2. The molecule has 0 unspecified atom stereocenters. The first-order valence-electron chi connectivity index (χ1n) is 6.65. The van der Waals surface area contributed by atoms with Crippen LogP contribution in [-0.4, -0.2) is 25.5 Å². The maximum absolute atomic E-state index is 12.2. The fraction of sp³-hybridized carbons (Fsp3) is 0.125. The molecule has 0 saturated heterocycles. The molecule has 0 spiro atoms. The molecule has 0 aliphatic carbocycles. The lowest BCUT2D eigenvalue weighted by atomic mass is 10.2. The molecule has 6 heteroatoms. The summed E-state index contributed by atoms with van der Waals surface area (Å²) in [5.74, 6) is 0.192. The smallest absolute Gasteiger partial charge is 0.264 e. The van der Waals surface area contributed by atoms with Crippen LogP contribution < -0.4 is 15.0 Å². The van der Waals surface area contributed by atoms with E-state index in [1.165, 1.54) is 4.90 Å². The lowest BCUT2D eigenvalue weighted by molar-refractivity contribution is -0.120. The molecule has 1 aliphatic rings. The van der Waals surface area contributed by atoms with E-state index in [2.05, 4.69) is 5.32 Å². The van der Waals surface area contributed by atoms with E-state index in [0.717, 1.165) is 0 Å². The minimum atomic E-state index is -0.261. The summed E-state index contributed by atoms with van der Waals surface area (Å²) in [6.07, 6.45) is 0. The highest BCUT2D eigenvalue weighted by Gasteiger charge is 2.22. The number of ether oxygens (including phenoxy) is 1. The summed E-state index contributed by atoms with van der Waals surface area (Å²) in [4.78, 5) is 25.3. The number of nitrogens with one attached hydrogen (secondary N) is 1. The van der Waals surface area contributed by atoms with Gasteiger partial charge in [-0.1, -0.05) is 17.7 Å². The van der Waals surface area contributed by atoms with E-state index in [4.69, 9.17) is 16.3 Å². The number of anilines is 2. The third-order valence-electron chi connectivity index (χ3n) is 3.39. The average molecular weight is 317 g/mol. The first-order chi connectivity index (χ1) is 10.5. The fourth-order valence-electron chi connectivity index (χ4n) is 2.19. The molecule has 0 bridgehead atoms. The number of halogens is 1.